The lowest BCUT2D eigenvalue weighted by molar-refractivity contribution is 0.102. The number of Topliss-reactive ketones (excluding diaryl/α,β-unsaturated/α-hetero) is 1. The molecule has 0 aromatic heterocycles. The van der Waals surface area contributed by atoms with Crippen molar-refractivity contribution in [3.63, 3.8) is 0 Å². The zero-order valence-electron chi connectivity index (χ0n) is 14.1. The Kier molecular flexibility index (Phi) is 5.73. The van der Waals surface area contributed by atoms with Crippen LogP contribution in [0.2, 0.25) is 0 Å². The molecular weight excluding hydrogens is 342 g/mol. The standard InChI is InChI=1S/C22H17NO2S/c23-14-17-6-8-18(9-7-17)15-26(21-12-10-20(24)11-13-21)16-22(25)19-4-2-1-3-5-19/h1-13H,15-16H2/p+1. The lowest BCUT2D eigenvalue weighted by atomic mass is 10.2. The maximum absolute atomic E-state index is 12.7. The van der Waals surface area contributed by atoms with Crippen LogP contribution in [0.15, 0.2) is 83.8 Å². The van der Waals surface area contributed by atoms with E-state index in [0.29, 0.717) is 16.9 Å². The fourth-order valence-electron chi connectivity index (χ4n) is 2.60. The van der Waals surface area contributed by atoms with E-state index in [1.807, 2.05) is 54.6 Å². The number of carbonyl (C=O) groups excluding carboxylic acids is 1. The highest BCUT2D eigenvalue weighted by Gasteiger charge is 2.27. The minimum atomic E-state index is -0.330. The van der Waals surface area contributed by atoms with Crippen LogP contribution >= 0.6 is 0 Å². The largest absolute Gasteiger partial charge is 0.508 e. The van der Waals surface area contributed by atoms with Gasteiger partial charge in [-0.3, -0.25) is 4.79 Å². The second kappa shape index (κ2) is 8.37. The highest BCUT2D eigenvalue weighted by Crippen LogP contribution is 2.23. The van der Waals surface area contributed by atoms with Gasteiger partial charge in [0.25, 0.3) is 0 Å². The smallest absolute Gasteiger partial charge is 0.212 e. The van der Waals surface area contributed by atoms with Gasteiger partial charge < -0.3 is 5.11 Å². The minimum Gasteiger partial charge on any atom is -0.508 e. The Morgan fingerprint density at radius 2 is 1.58 bits per heavy atom. The molecule has 0 aliphatic carbocycles. The first-order chi connectivity index (χ1) is 12.7. The molecule has 0 aliphatic heterocycles. The van der Waals surface area contributed by atoms with Crippen molar-refractivity contribution < 1.29 is 9.90 Å². The molecule has 0 amide bonds. The average molecular weight is 360 g/mol. The second-order valence-corrected chi connectivity index (χ2v) is 7.91. The third kappa shape index (κ3) is 4.53. The molecule has 3 rings (SSSR count). The quantitative estimate of drug-likeness (QED) is 0.526. The van der Waals surface area contributed by atoms with E-state index in [1.54, 1.807) is 24.3 Å². The summed E-state index contributed by atoms with van der Waals surface area (Å²) in [4.78, 5) is 13.7. The number of hydrogen-bond acceptors (Lipinski definition) is 3. The molecular formula is C22H18NO2S+. The molecule has 0 bridgehead atoms. The lowest BCUT2D eigenvalue weighted by Gasteiger charge is -2.09. The summed E-state index contributed by atoms with van der Waals surface area (Å²) in [5.74, 6) is 1.45. The summed E-state index contributed by atoms with van der Waals surface area (Å²) in [7, 11) is -0.330. The van der Waals surface area contributed by atoms with Crippen LogP contribution in [0, 0.1) is 11.3 Å². The number of rotatable bonds is 6. The maximum atomic E-state index is 12.7. The first kappa shape index (κ1) is 17.8. The van der Waals surface area contributed by atoms with Gasteiger partial charge in [0.15, 0.2) is 10.6 Å². The Morgan fingerprint density at radius 1 is 0.923 bits per heavy atom. The maximum Gasteiger partial charge on any atom is 0.212 e. The van der Waals surface area contributed by atoms with Gasteiger partial charge in [0.1, 0.15) is 11.5 Å². The van der Waals surface area contributed by atoms with Crippen LogP contribution < -0.4 is 0 Å². The summed E-state index contributed by atoms with van der Waals surface area (Å²) in [5, 5.41) is 18.5. The van der Waals surface area contributed by atoms with E-state index in [0.717, 1.165) is 16.2 Å². The van der Waals surface area contributed by atoms with Crippen molar-refractivity contribution in [1.82, 2.24) is 0 Å². The fraction of sp³-hybridized carbons (Fsp3) is 0.0909. The van der Waals surface area contributed by atoms with Crippen molar-refractivity contribution in [3.05, 3.63) is 95.6 Å². The van der Waals surface area contributed by atoms with Crippen molar-refractivity contribution in [1.29, 1.82) is 5.26 Å². The zero-order chi connectivity index (χ0) is 18.4. The van der Waals surface area contributed by atoms with Gasteiger partial charge in [-0.25, -0.2) is 0 Å². The number of carbonyl (C=O) groups is 1. The van der Waals surface area contributed by atoms with E-state index in [-0.39, 0.29) is 22.4 Å². The molecule has 4 heteroatoms. The van der Waals surface area contributed by atoms with Crippen molar-refractivity contribution in [2.75, 3.05) is 5.75 Å². The van der Waals surface area contributed by atoms with Crippen molar-refractivity contribution in [2.24, 2.45) is 0 Å². The second-order valence-electron chi connectivity index (χ2n) is 5.87. The van der Waals surface area contributed by atoms with Gasteiger partial charge in [-0.05, 0) is 36.4 Å². The summed E-state index contributed by atoms with van der Waals surface area (Å²) in [6.45, 7) is 0. The fourth-order valence-corrected chi connectivity index (χ4v) is 4.63. The molecule has 0 heterocycles. The molecule has 3 aromatic carbocycles. The third-order valence-electron chi connectivity index (χ3n) is 4.00. The number of hydrogen-bond donors (Lipinski definition) is 1. The Morgan fingerprint density at radius 3 is 2.19 bits per heavy atom. The normalized spacial score (nSPS) is 11.5. The molecule has 128 valence electrons. The molecule has 1 atom stereocenters. The number of nitriles is 1. The Bertz CT molecular complexity index is 913. The van der Waals surface area contributed by atoms with Crippen LogP contribution in [0.1, 0.15) is 21.5 Å². The van der Waals surface area contributed by atoms with Crippen LogP contribution in [0.4, 0.5) is 0 Å². The van der Waals surface area contributed by atoms with E-state index in [1.165, 1.54) is 0 Å². The molecule has 0 radical (unpaired) electrons. The van der Waals surface area contributed by atoms with Gasteiger partial charge in [-0.15, -0.1) is 0 Å². The van der Waals surface area contributed by atoms with Gasteiger partial charge in [0, 0.05) is 22.0 Å². The molecule has 1 unspecified atom stereocenters. The minimum absolute atomic E-state index is 0.107. The lowest BCUT2D eigenvalue weighted by Crippen LogP contribution is -2.19. The monoisotopic (exact) mass is 360 g/mol. The topological polar surface area (TPSA) is 61.1 Å². The van der Waals surface area contributed by atoms with Gasteiger partial charge in [-0.2, -0.15) is 5.26 Å². The number of nitrogens with zero attached hydrogens (tertiary/aromatic N) is 1. The van der Waals surface area contributed by atoms with E-state index >= 15 is 0 Å². The Labute approximate surface area is 155 Å². The van der Waals surface area contributed by atoms with Crippen LogP contribution in [0.25, 0.3) is 0 Å². The Balaban J connectivity index is 1.84. The molecule has 0 aliphatic rings. The molecule has 3 nitrogen and oxygen atoms in total. The van der Waals surface area contributed by atoms with Crippen molar-refractivity contribution in [2.45, 2.75) is 10.6 Å². The molecule has 3 aromatic rings. The van der Waals surface area contributed by atoms with E-state index in [9.17, 15) is 9.90 Å². The van der Waals surface area contributed by atoms with Gasteiger partial charge in [0.05, 0.1) is 11.6 Å². The molecule has 0 spiro atoms. The highest BCUT2D eigenvalue weighted by atomic mass is 32.2. The highest BCUT2D eigenvalue weighted by molar-refractivity contribution is 7.96. The van der Waals surface area contributed by atoms with Crippen LogP contribution in [-0.4, -0.2) is 16.6 Å². The number of phenols is 1. The molecule has 0 saturated heterocycles. The van der Waals surface area contributed by atoms with Gasteiger partial charge in [0.2, 0.25) is 5.78 Å². The zero-order valence-corrected chi connectivity index (χ0v) is 14.9. The van der Waals surface area contributed by atoms with Crippen LogP contribution in [-0.2, 0) is 16.6 Å². The predicted octanol–water partition coefficient (Wildman–Crippen LogP) is 4.32. The predicted molar refractivity (Wildman–Crippen MR) is 104 cm³/mol. The van der Waals surface area contributed by atoms with E-state index < -0.39 is 0 Å². The first-order valence-electron chi connectivity index (χ1n) is 8.19. The summed E-state index contributed by atoms with van der Waals surface area (Å²) in [6.07, 6.45) is 0. The third-order valence-corrected chi connectivity index (χ3v) is 6.23. The number of benzene rings is 3. The molecule has 26 heavy (non-hydrogen) atoms. The summed E-state index contributed by atoms with van der Waals surface area (Å²) < 4.78 is 0. The average Bonchev–Trinajstić information content (AvgIpc) is 2.69. The van der Waals surface area contributed by atoms with E-state index in [4.69, 9.17) is 5.26 Å². The van der Waals surface area contributed by atoms with E-state index in [2.05, 4.69) is 6.07 Å². The molecule has 0 saturated carbocycles. The molecule has 1 N–H and O–H groups in total. The number of phenolic OH excluding ortho intramolecular Hbond substituents is 1. The number of ketones is 1. The SMILES string of the molecule is N#Cc1ccc(C[S+](CC(=O)c2ccccc2)c2ccc(O)cc2)cc1. The van der Waals surface area contributed by atoms with Gasteiger partial charge >= 0.3 is 0 Å². The summed E-state index contributed by atoms with van der Waals surface area (Å²) in [5.41, 5.74) is 2.42. The summed E-state index contributed by atoms with van der Waals surface area (Å²) in [6, 6.07) is 26.0. The number of aromatic hydroxyl groups is 1. The summed E-state index contributed by atoms with van der Waals surface area (Å²) >= 11 is 0. The van der Waals surface area contributed by atoms with Gasteiger partial charge in [-0.1, -0.05) is 42.5 Å². The Hall–Kier alpha value is -3.03. The molecule has 0 fully saturated rings. The first-order valence-corrected chi connectivity index (χ1v) is 9.76. The van der Waals surface area contributed by atoms with Crippen molar-refractivity contribution >= 4 is 16.7 Å². The van der Waals surface area contributed by atoms with Crippen LogP contribution in [0.3, 0.4) is 0 Å². The van der Waals surface area contributed by atoms with Crippen molar-refractivity contribution in [3.8, 4) is 11.8 Å². The van der Waals surface area contributed by atoms with Crippen LogP contribution in [0.5, 0.6) is 5.75 Å².